The van der Waals surface area contributed by atoms with Gasteiger partial charge < -0.3 is 0 Å². The Morgan fingerprint density at radius 1 is 0.696 bits per heavy atom. The molecule has 0 aliphatic rings. The van der Waals surface area contributed by atoms with Crippen LogP contribution in [0.1, 0.15) is 0 Å². The summed E-state index contributed by atoms with van der Waals surface area (Å²) in [5.74, 6) is -0.648. The molecule has 0 saturated heterocycles. The molecule has 6 heteroatoms. The van der Waals surface area contributed by atoms with Crippen LogP contribution in [0.2, 0.25) is 0 Å². The highest BCUT2D eigenvalue weighted by Crippen LogP contribution is 2.31. The highest BCUT2D eigenvalue weighted by Gasteiger charge is 2.16. The number of fused-ring (bicyclic) bond motifs is 1. The fourth-order valence-electron chi connectivity index (χ4n) is 2.43. The Morgan fingerprint density at radius 2 is 1.26 bits per heavy atom. The zero-order valence-corrected chi connectivity index (χ0v) is 11.7. The van der Waals surface area contributed by atoms with E-state index in [0.29, 0.717) is 27.9 Å². The van der Waals surface area contributed by atoms with Crippen molar-refractivity contribution in [3.63, 3.8) is 0 Å². The van der Waals surface area contributed by atoms with Gasteiger partial charge in [-0.3, -0.25) is 4.98 Å². The topological polar surface area (TPSA) is 51.8 Å². The predicted octanol–water partition coefficient (Wildman–Crippen LogP) is 4.23. The standard InChI is InChI=1S/C17H9F2N3O/c18-12-5-1-10(2-6-12)14-9-20-15(17-16(14)21-23-22-17)11-3-7-13(19)8-4-11/h1-9H. The zero-order valence-electron chi connectivity index (χ0n) is 11.7. The Bertz CT molecular complexity index is 900. The minimum Gasteiger partial charge on any atom is -0.253 e. The molecule has 0 saturated carbocycles. The maximum atomic E-state index is 13.1. The van der Waals surface area contributed by atoms with Crippen molar-refractivity contribution in [2.75, 3.05) is 0 Å². The van der Waals surface area contributed by atoms with Gasteiger partial charge >= 0.3 is 0 Å². The number of rotatable bonds is 2. The third-order valence-corrected chi connectivity index (χ3v) is 3.56. The second-order valence-electron chi connectivity index (χ2n) is 5.00. The smallest absolute Gasteiger partial charge is 0.162 e. The van der Waals surface area contributed by atoms with Crippen molar-refractivity contribution in [3.05, 3.63) is 66.4 Å². The molecule has 4 nitrogen and oxygen atoms in total. The van der Waals surface area contributed by atoms with Crippen LogP contribution in [0.15, 0.2) is 59.4 Å². The number of pyridine rings is 1. The lowest BCUT2D eigenvalue weighted by Crippen LogP contribution is -1.90. The van der Waals surface area contributed by atoms with Crippen molar-refractivity contribution in [2.45, 2.75) is 0 Å². The van der Waals surface area contributed by atoms with Gasteiger partial charge in [-0.05, 0) is 52.3 Å². The molecule has 2 heterocycles. The first-order chi connectivity index (χ1) is 11.2. The molecule has 4 rings (SSSR count). The van der Waals surface area contributed by atoms with E-state index in [2.05, 4.69) is 15.3 Å². The Balaban J connectivity index is 1.91. The Kier molecular flexibility index (Phi) is 3.08. The van der Waals surface area contributed by atoms with Crippen LogP contribution in [0.4, 0.5) is 8.78 Å². The van der Waals surface area contributed by atoms with Gasteiger partial charge in [0, 0.05) is 17.3 Å². The highest BCUT2D eigenvalue weighted by atomic mass is 19.1. The Labute approximate surface area is 129 Å². The van der Waals surface area contributed by atoms with Crippen molar-refractivity contribution in [2.24, 2.45) is 0 Å². The van der Waals surface area contributed by atoms with Crippen molar-refractivity contribution in [1.29, 1.82) is 0 Å². The molecule has 0 amide bonds. The summed E-state index contributed by atoms with van der Waals surface area (Å²) in [6, 6.07) is 11.9. The lowest BCUT2D eigenvalue weighted by molar-refractivity contribution is 0.315. The third-order valence-electron chi connectivity index (χ3n) is 3.56. The van der Waals surface area contributed by atoms with E-state index in [1.54, 1.807) is 30.5 Å². The molecular weight excluding hydrogens is 300 g/mol. The third kappa shape index (κ3) is 2.34. The van der Waals surface area contributed by atoms with E-state index in [1.807, 2.05) is 0 Å². The van der Waals surface area contributed by atoms with Gasteiger partial charge in [-0.2, -0.15) is 0 Å². The molecule has 112 valence electrons. The summed E-state index contributed by atoms with van der Waals surface area (Å²) in [5, 5.41) is 7.83. The molecule has 2 aromatic heterocycles. The van der Waals surface area contributed by atoms with Gasteiger partial charge in [0.2, 0.25) is 0 Å². The fourth-order valence-corrected chi connectivity index (χ4v) is 2.43. The number of hydrogen-bond donors (Lipinski definition) is 0. The molecule has 0 aliphatic carbocycles. The van der Waals surface area contributed by atoms with Crippen LogP contribution in [0.25, 0.3) is 33.4 Å². The van der Waals surface area contributed by atoms with E-state index >= 15 is 0 Å². The van der Waals surface area contributed by atoms with Crippen LogP contribution in [-0.4, -0.2) is 15.3 Å². The molecule has 0 aliphatic heterocycles. The molecule has 2 aromatic carbocycles. The number of benzene rings is 2. The molecule has 0 unspecified atom stereocenters. The second kappa shape index (κ2) is 5.24. The fraction of sp³-hybridized carbons (Fsp3) is 0. The summed E-state index contributed by atoms with van der Waals surface area (Å²) in [6.07, 6.45) is 1.62. The van der Waals surface area contributed by atoms with Crippen molar-refractivity contribution >= 4 is 11.0 Å². The van der Waals surface area contributed by atoms with Crippen LogP contribution in [0.3, 0.4) is 0 Å². The molecule has 4 aromatic rings. The van der Waals surface area contributed by atoms with Gasteiger partial charge in [0.15, 0.2) is 5.52 Å². The lowest BCUT2D eigenvalue weighted by atomic mass is 10.0. The molecule has 0 fully saturated rings. The van der Waals surface area contributed by atoms with Crippen LogP contribution in [-0.2, 0) is 0 Å². The molecule has 23 heavy (non-hydrogen) atoms. The van der Waals surface area contributed by atoms with E-state index in [9.17, 15) is 8.78 Å². The molecule has 0 spiro atoms. The van der Waals surface area contributed by atoms with Gasteiger partial charge in [0.05, 0.1) is 0 Å². The van der Waals surface area contributed by atoms with Crippen molar-refractivity contribution in [1.82, 2.24) is 15.3 Å². The first kappa shape index (κ1) is 13.5. The predicted molar refractivity (Wildman–Crippen MR) is 80.4 cm³/mol. The zero-order chi connectivity index (χ0) is 15.8. The van der Waals surface area contributed by atoms with Gasteiger partial charge in [-0.25, -0.2) is 13.4 Å². The SMILES string of the molecule is Fc1ccc(-c2cnc(-c3ccc(F)cc3)c3nonc23)cc1. The molecule has 0 bridgehead atoms. The summed E-state index contributed by atoms with van der Waals surface area (Å²) in [7, 11) is 0. The summed E-state index contributed by atoms with van der Waals surface area (Å²) in [4.78, 5) is 4.40. The van der Waals surface area contributed by atoms with E-state index in [-0.39, 0.29) is 11.6 Å². The minimum absolute atomic E-state index is 0.320. The quantitative estimate of drug-likeness (QED) is 0.556. The molecular formula is C17H9F2N3O. The van der Waals surface area contributed by atoms with Gasteiger partial charge in [0.25, 0.3) is 0 Å². The number of halogens is 2. The lowest BCUT2D eigenvalue weighted by Gasteiger charge is -2.05. The molecule has 0 atom stereocenters. The summed E-state index contributed by atoms with van der Waals surface area (Å²) >= 11 is 0. The van der Waals surface area contributed by atoms with Gasteiger partial charge in [-0.1, -0.05) is 12.1 Å². The molecule has 0 N–H and O–H groups in total. The van der Waals surface area contributed by atoms with Crippen LogP contribution in [0.5, 0.6) is 0 Å². The van der Waals surface area contributed by atoms with Gasteiger partial charge in [0.1, 0.15) is 22.8 Å². The number of aromatic nitrogens is 3. The normalized spacial score (nSPS) is 11.0. The van der Waals surface area contributed by atoms with E-state index in [0.717, 1.165) is 5.56 Å². The maximum absolute atomic E-state index is 13.1. The Morgan fingerprint density at radius 3 is 1.91 bits per heavy atom. The maximum Gasteiger partial charge on any atom is 0.162 e. The summed E-state index contributed by atoms with van der Waals surface area (Å²) in [6.45, 7) is 0. The number of nitrogens with zero attached hydrogens (tertiary/aromatic N) is 3. The minimum atomic E-state index is -0.328. The Hall–Kier alpha value is -3.15. The first-order valence-electron chi connectivity index (χ1n) is 6.85. The monoisotopic (exact) mass is 309 g/mol. The van der Waals surface area contributed by atoms with Crippen LogP contribution in [0, 0.1) is 11.6 Å². The van der Waals surface area contributed by atoms with E-state index in [4.69, 9.17) is 4.63 Å². The summed E-state index contributed by atoms with van der Waals surface area (Å²) in [5.41, 5.74) is 3.69. The largest absolute Gasteiger partial charge is 0.253 e. The average molecular weight is 309 g/mol. The van der Waals surface area contributed by atoms with Crippen molar-refractivity contribution < 1.29 is 13.4 Å². The first-order valence-corrected chi connectivity index (χ1v) is 6.85. The molecule has 0 radical (unpaired) electrons. The van der Waals surface area contributed by atoms with Crippen molar-refractivity contribution in [3.8, 4) is 22.4 Å². The van der Waals surface area contributed by atoms with Crippen LogP contribution < -0.4 is 0 Å². The van der Waals surface area contributed by atoms with E-state index in [1.165, 1.54) is 24.3 Å². The summed E-state index contributed by atoms with van der Waals surface area (Å²) < 4.78 is 31.0. The van der Waals surface area contributed by atoms with Gasteiger partial charge in [-0.15, -0.1) is 0 Å². The second-order valence-corrected chi connectivity index (χ2v) is 5.00. The highest BCUT2D eigenvalue weighted by molar-refractivity contribution is 5.97. The number of hydrogen-bond acceptors (Lipinski definition) is 4. The average Bonchev–Trinajstić information content (AvgIpc) is 3.05. The van der Waals surface area contributed by atoms with E-state index < -0.39 is 0 Å². The van der Waals surface area contributed by atoms with Crippen LogP contribution >= 0.6 is 0 Å².